The molecule has 8 heteroatoms. The van der Waals surface area contributed by atoms with Crippen molar-refractivity contribution in [3.63, 3.8) is 0 Å². The summed E-state index contributed by atoms with van der Waals surface area (Å²) in [6.45, 7) is 4.05. The van der Waals surface area contributed by atoms with Gasteiger partial charge in [0, 0.05) is 33.1 Å². The minimum absolute atomic E-state index is 0.199. The average molecular weight is 331 g/mol. The van der Waals surface area contributed by atoms with E-state index in [0.717, 1.165) is 0 Å². The third-order valence-electron chi connectivity index (χ3n) is 3.54. The van der Waals surface area contributed by atoms with E-state index in [2.05, 4.69) is 10.6 Å². The van der Waals surface area contributed by atoms with Crippen molar-refractivity contribution < 1.29 is 23.9 Å². The van der Waals surface area contributed by atoms with Crippen LogP contribution in [0.4, 0.5) is 16.2 Å². The summed E-state index contributed by atoms with van der Waals surface area (Å²) in [7, 11) is 0. The highest BCUT2D eigenvalue weighted by Gasteiger charge is 2.39. The lowest BCUT2D eigenvalue weighted by Crippen LogP contribution is -2.42. The van der Waals surface area contributed by atoms with Crippen LogP contribution >= 0.6 is 0 Å². The van der Waals surface area contributed by atoms with Gasteiger partial charge in [0.25, 0.3) is 5.79 Å². The normalized spacial score (nSPS) is 19.5. The van der Waals surface area contributed by atoms with Gasteiger partial charge in [0.15, 0.2) is 5.57 Å². The Kier molecular flexibility index (Phi) is 3.88. The molecule has 0 unspecified atom stereocenters. The number of nitrogens with one attached hydrogen (secondary N) is 2. The summed E-state index contributed by atoms with van der Waals surface area (Å²) in [6.07, 6.45) is 1.23. The van der Waals surface area contributed by atoms with Gasteiger partial charge in [-0.15, -0.1) is 0 Å². The van der Waals surface area contributed by atoms with E-state index in [0.29, 0.717) is 24.5 Å². The molecule has 0 radical (unpaired) electrons. The number of amides is 2. The second-order valence-corrected chi connectivity index (χ2v) is 5.78. The van der Waals surface area contributed by atoms with Gasteiger partial charge in [-0.05, 0) is 12.1 Å². The van der Waals surface area contributed by atoms with Crippen LogP contribution in [0.1, 0.15) is 13.8 Å². The molecule has 2 N–H and O–H groups in total. The number of nitrogens with zero attached hydrogens (tertiary/aromatic N) is 1. The first-order valence-corrected chi connectivity index (χ1v) is 7.45. The molecule has 2 fully saturated rings. The van der Waals surface area contributed by atoms with Crippen LogP contribution in [-0.2, 0) is 19.1 Å². The lowest BCUT2D eigenvalue weighted by molar-refractivity contribution is -0.222. The fraction of sp³-hybridized carbons (Fsp3) is 0.312. The molecule has 3 rings (SSSR count). The minimum Gasteiger partial charge on any atom is -0.419 e. The molecule has 1 aromatic carbocycles. The van der Waals surface area contributed by atoms with Gasteiger partial charge in [0.2, 0.25) is 0 Å². The molecule has 0 atom stereocenters. The van der Waals surface area contributed by atoms with Gasteiger partial charge >= 0.3 is 18.0 Å². The molecule has 2 amide bonds. The van der Waals surface area contributed by atoms with Crippen LogP contribution in [0.5, 0.6) is 0 Å². The van der Waals surface area contributed by atoms with E-state index in [4.69, 9.17) is 9.47 Å². The number of urea groups is 1. The number of esters is 2. The fourth-order valence-electron chi connectivity index (χ4n) is 2.46. The predicted octanol–water partition coefficient (Wildman–Crippen LogP) is 1.35. The molecule has 126 valence electrons. The van der Waals surface area contributed by atoms with Crippen molar-refractivity contribution >= 4 is 29.3 Å². The van der Waals surface area contributed by atoms with Crippen molar-refractivity contribution in [2.75, 3.05) is 23.3 Å². The largest absolute Gasteiger partial charge is 0.419 e. The van der Waals surface area contributed by atoms with Crippen LogP contribution in [0.2, 0.25) is 0 Å². The zero-order valence-corrected chi connectivity index (χ0v) is 13.3. The standard InChI is InChI=1S/C16H17N3O5/c1-16(2)23-13(20)10(14(21)24-16)9-18-11-5-3-4-6-12(11)19-8-7-17-15(19)22/h3-6,9,18H,7-8H2,1-2H3,(H,17,22). The van der Waals surface area contributed by atoms with Crippen LogP contribution in [0.25, 0.3) is 0 Å². The van der Waals surface area contributed by atoms with Gasteiger partial charge in [0.1, 0.15) is 0 Å². The summed E-state index contributed by atoms with van der Waals surface area (Å²) in [5, 5.41) is 5.60. The number of ether oxygens (including phenoxy) is 2. The van der Waals surface area contributed by atoms with Crippen molar-refractivity contribution in [3.05, 3.63) is 36.0 Å². The molecular formula is C16H17N3O5. The van der Waals surface area contributed by atoms with Crippen molar-refractivity contribution in [2.24, 2.45) is 0 Å². The van der Waals surface area contributed by atoms with Gasteiger partial charge < -0.3 is 20.1 Å². The summed E-state index contributed by atoms with van der Waals surface area (Å²) in [5.41, 5.74) is 0.977. The monoisotopic (exact) mass is 331 g/mol. The molecule has 2 aliphatic heterocycles. The van der Waals surface area contributed by atoms with Crippen molar-refractivity contribution in [2.45, 2.75) is 19.6 Å². The second-order valence-electron chi connectivity index (χ2n) is 5.78. The Morgan fingerprint density at radius 2 is 1.83 bits per heavy atom. The third kappa shape index (κ3) is 3.03. The van der Waals surface area contributed by atoms with Crippen molar-refractivity contribution in [1.82, 2.24) is 5.32 Å². The highest BCUT2D eigenvalue weighted by molar-refractivity contribution is 6.15. The highest BCUT2D eigenvalue weighted by Crippen LogP contribution is 2.28. The molecule has 24 heavy (non-hydrogen) atoms. The maximum atomic E-state index is 11.9. The number of para-hydroxylation sites is 2. The van der Waals surface area contributed by atoms with Gasteiger partial charge in [-0.25, -0.2) is 14.4 Å². The van der Waals surface area contributed by atoms with Crippen LogP contribution < -0.4 is 15.5 Å². The highest BCUT2D eigenvalue weighted by atomic mass is 16.7. The molecule has 2 saturated heterocycles. The first-order valence-electron chi connectivity index (χ1n) is 7.45. The first-order chi connectivity index (χ1) is 11.4. The smallest absolute Gasteiger partial charge is 0.350 e. The lowest BCUT2D eigenvalue weighted by atomic mass is 10.2. The van der Waals surface area contributed by atoms with Crippen molar-refractivity contribution in [1.29, 1.82) is 0 Å². The molecular weight excluding hydrogens is 314 g/mol. The third-order valence-corrected chi connectivity index (χ3v) is 3.54. The average Bonchev–Trinajstić information content (AvgIpc) is 2.91. The number of benzene rings is 1. The number of anilines is 2. The molecule has 0 aliphatic carbocycles. The number of rotatable bonds is 3. The second kappa shape index (κ2) is 5.88. The Morgan fingerprint density at radius 3 is 2.46 bits per heavy atom. The zero-order chi connectivity index (χ0) is 17.3. The summed E-state index contributed by atoms with van der Waals surface area (Å²) >= 11 is 0. The van der Waals surface area contributed by atoms with Crippen LogP contribution in [0.3, 0.4) is 0 Å². The minimum atomic E-state index is -1.28. The Labute approximate surface area is 138 Å². The van der Waals surface area contributed by atoms with Gasteiger partial charge in [-0.2, -0.15) is 0 Å². The molecule has 0 bridgehead atoms. The van der Waals surface area contributed by atoms with Crippen LogP contribution in [-0.4, -0.2) is 36.8 Å². The van der Waals surface area contributed by atoms with Crippen LogP contribution in [0, 0.1) is 0 Å². The fourth-order valence-corrected chi connectivity index (χ4v) is 2.46. The number of cyclic esters (lactones) is 2. The summed E-state index contributed by atoms with van der Waals surface area (Å²) < 4.78 is 10.1. The number of carbonyl (C=O) groups excluding carboxylic acids is 3. The molecule has 2 aliphatic rings. The maximum Gasteiger partial charge on any atom is 0.350 e. The van der Waals surface area contributed by atoms with E-state index < -0.39 is 17.7 Å². The molecule has 0 aromatic heterocycles. The SMILES string of the molecule is CC1(C)OC(=O)C(=CNc2ccccc2N2CCNC2=O)C(=O)O1. The predicted molar refractivity (Wildman–Crippen MR) is 85.2 cm³/mol. The van der Waals surface area contributed by atoms with E-state index in [1.807, 2.05) is 0 Å². The zero-order valence-electron chi connectivity index (χ0n) is 13.3. The van der Waals surface area contributed by atoms with E-state index in [-0.39, 0.29) is 11.6 Å². The first kappa shape index (κ1) is 15.9. The van der Waals surface area contributed by atoms with E-state index in [1.165, 1.54) is 20.0 Å². The molecule has 2 heterocycles. The van der Waals surface area contributed by atoms with Crippen LogP contribution in [0.15, 0.2) is 36.0 Å². The summed E-state index contributed by atoms with van der Waals surface area (Å²) in [4.78, 5) is 37.3. The van der Waals surface area contributed by atoms with Gasteiger partial charge in [-0.1, -0.05) is 12.1 Å². The molecule has 0 spiro atoms. The Bertz CT molecular complexity index is 719. The molecule has 1 aromatic rings. The van der Waals surface area contributed by atoms with E-state index in [1.54, 1.807) is 29.2 Å². The van der Waals surface area contributed by atoms with Gasteiger partial charge in [0.05, 0.1) is 11.4 Å². The van der Waals surface area contributed by atoms with Gasteiger partial charge in [-0.3, -0.25) is 4.90 Å². The Balaban J connectivity index is 1.83. The Morgan fingerprint density at radius 1 is 1.17 bits per heavy atom. The number of hydrogen-bond donors (Lipinski definition) is 2. The molecule has 8 nitrogen and oxygen atoms in total. The topological polar surface area (TPSA) is 97.0 Å². The number of carbonyl (C=O) groups is 3. The summed E-state index contributed by atoms with van der Waals surface area (Å²) in [5.74, 6) is -2.81. The maximum absolute atomic E-state index is 11.9. The Hall–Kier alpha value is -3.03. The van der Waals surface area contributed by atoms with E-state index >= 15 is 0 Å². The molecule has 0 saturated carbocycles. The lowest BCUT2D eigenvalue weighted by Gasteiger charge is -2.29. The quantitative estimate of drug-likeness (QED) is 0.493. The van der Waals surface area contributed by atoms with E-state index in [9.17, 15) is 14.4 Å². The summed E-state index contributed by atoms with van der Waals surface area (Å²) in [6, 6.07) is 6.88. The van der Waals surface area contributed by atoms with Crippen molar-refractivity contribution in [3.8, 4) is 0 Å². The number of hydrogen-bond acceptors (Lipinski definition) is 6.